The highest BCUT2D eigenvalue weighted by Gasteiger charge is 2.21. The zero-order chi connectivity index (χ0) is 16.4. The monoisotopic (exact) mass is 332 g/mol. The van der Waals surface area contributed by atoms with Gasteiger partial charge in [0.2, 0.25) is 0 Å². The topological polar surface area (TPSA) is 25.2 Å². The summed E-state index contributed by atoms with van der Waals surface area (Å²) in [7, 11) is 1.99. The number of Topliss-reactive ketones (excluding diaryl/α,β-unsaturated/α-hetero) is 1. The number of alkyl halides is 1. The average molecular weight is 333 g/mol. The Morgan fingerprint density at radius 2 is 2.04 bits per heavy atom. The molecule has 0 saturated carbocycles. The predicted molar refractivity (Wildman–Crippen MR) is 96.1 cm³/mol. The van der Waals surface area contributed by atoms with Gasteiger partial charge in [0.1, 0.15) is 0 Å². The molecule has 0 amide bonds. The molecule has 3 nitrogen and oxygen atoms in total. The van der Waals surface area contributed by atoms with Crippen molar-refractivity contribution in [2.75, 3.05) is 19.6 Å². The van der Waals surface area contributed by atoms with Crippen LogP contribution in [0, 0.1) is 6.92 Å². The molecule has 0 N–H and O–H groups in total. The first-order chi connectivity index (χ1) is 11.1. The average Bonchev–Trinajstić information content (AvgIpc) is 2.84. The van der Waals surface area contributed by atoms with Gasteiger partial charge in [-0.15, -0.1) is 11.6 Å². The van der Waals surface area contributed by atoms with E-state index in [0.29, 0.717) is 6.54 Å². The van der Waals surface area contributed by atoms with Crippen molar-refractivity contribution in [3.05, 3.63) is 41.2 Å². The van der Waals surface area contributed by atoms with Crippen molar-refractivity contribution < 1.29 is 4.79 Å². The van der Waals surface area contributed by atoms with E-state index in [1.54, 1.807) is 0 Å². The summed E-state index contributed by atoms with van der Waals surface area (Å²) in [6.45, 7) is 4.71. The fourth-order valence-electron chi connectivity index (χ4n) is 3.62. The van der Waals surface area contributed by atoms with Crippen LogP contribution in [0.5, 0.6) is 0 Å². The lowest BCUT2D eigenvalue weighted by Gasteiger charge is -2.25. The summed E-state index contributed by atoms with van der Waals surface area (Å²) in [5.74, 6) is 0.222. The van der Waals surface area contributed by atoms with Gasteiger partial charge >= 0.3 is 0 Å². The van der Waals surface area contributed by atoms with Gasteiger partial charge in [-0.05, 0) is 56.5 Å². The molecule has 3 rings (SSSR count). The Morgan fingerprint density at radius 3 is 2.70 bits per heavy atom. The second kappa shape index (κ2) is 7.06. The number of aromatic nitrogens is 1. The van der Waals surface area contributed by atoms with Crippen LogP contribution in [0.25, 0.3) is 5.57 Å². The van der Waals surface area contributed by atoms with Crippen molar-refractivity contribution in [2.24, 2.45) is 7.05 Å². The second-order valence-electron chi connectivity index (χ2n) is 6.65. The van der Waals surface area contributed by atoms with Crippen LogP contribution in [0.3, 0.4) is 0 Å². The van der Waals surface area contributed by atoms with Crippen molar-refractivity contribution >= 4 is 23.0 Å². The molecule has 4 heteroatoms. The van der Waals surface area contributed by atoms with Gasteiger partial charge in [-0.2, -0.15) is 0 Å². The number of allylic oxidation sites excluding steroid dienone is 4. The summed E-state index contributed by atoms with van der Waals surface area (Å²) >= 11 is 6.12. The van der Waals surface area contributed by atoms with Crippen molar-refractivity contribution in [3.63, 3.8) is 0 Å². The Balaban J connectivity index is 1.80. The Morgan fingerprint density at radius 1 is 1.30 bits per heavy atom. The Bertz CT molecular complexity index is 651. The molecule has 0 bridgehead atoms. The van der Waals surface area contributed by atoms with Gasteiger partial charge < -0.3 is 4.57 Å². The molecule has 0 radical (unpaired) electrons. The summed E-state index contributed by atoms with van der Waals surface area (Å²) in [6, 6.07) is 2.03. The smallest absolute Gasteiger partial charge is 0.193 e. The minimum Gasteiger partial charge on any atom is -0.341 e. The number of hydrogen-bond donors (Lipinski definition) is 0. The molecule has 124 valence electrons. The molecular formula is C19H25ClN2O. The Hall–Kier alpha value is -1.32. The molecule has 1 aliphatic carbocycles. The molecule has 0 aromatic carbocycles. The molecule has 23 heavy (non-hydrogen) atoms. The van der Waals surface area contributed by atoms with Gasteiger partial charge in [0, 0.05) is 7.05 Å². The fraction of sp³-hybridized carbons (Fsp3) is 0.526. The van der Waals surface area contributed by atoms with Gasteiger partial charge in [0.25, 0.3) is 0 Å². The quantitative estimate of drug-likeness (QED) is 0.616. The lowest BCUT2D eigenvalue weighted by Crippen LogP contribution is -2.35. The van der Waals surface area contributed by atoms with Gasteiger partial charge in [-0.3, -0.25) is 9.69 Å². The normalized spacial score (nSPS) is 22.2. The summed E-state index contributed by atoms with van der Waals surface area (Å²) in [5.41, 5.74) is 4.26. The van der Waals surface area contributed by atoms with Crippen LogP contribution in [0.15, 0.2) is 24.3 Å². The number of carbonyl (C=O) groups excluding carboxylic acids is 1. The van der Waals surface area contributed by atoms with Crippen molar-refractivity contribution in [1.82, 2.24) is 9.47 Å². The molecule has 1 atom stereocenters. The van der Waals surface area contributed by atoms with Gasteiger partial charge in [0.05, 0.1) is 23.3 Å². The number of nitrogens with zero attached hydrogens (tertiary/aromatic N) is 2. The van der Waals surface area contributed by atoms with Crippen LogP contribution in [0.4, 0.5) is 0 Å². The molecule has 0 spiro atoms. The molecule has 1 aromatic heterocycles. The van der Waals surface area contributed by atoms with Gasteiger partial charge in [-0.1, -0.05) is 24.6 Å². The van der Waals surface area contributed by atoms with E-state index in [4.69, 9.17) is 11.6 Å². The number of halogens is 1. The lowest BCUT2D eigenvalue weighted by molar-refractivity contribution is 0.0907. The number of hydrogen-bond acceptors (Lipinski definition) is 2. The van der Waals surface area contributed by atoms with Crippen LogP contribution in [0.2, 0.25) is 0 Å². The molecule has 1 unspecified atom stereocenters. The number of likely N-dealkylation sites (tertiary alicyclic amines) is 1. The number of aryl methyl sites for hydroxylation is 1. The molecular weight excluding hydrogens is 308 g/mol. The van der Waals surface area contributed by atoms with E-state index < -0.39 is 0 Å². The zero-order valence-electron chi connectivity index (χ0n) is 14.0. The largest absolute Gasteiger partial charge is 0.341 e. The SMILES string of the molecule is Cc1cc(C(=O)CN2CCCCC2)n(C)c1C1=CCC(Cl)C=C1. The summed E-state index contributed by atoms with van der Waals surface area (Å²) in [5, 5.41) is 0.0829. The first-order valence-electron chi connectivity index (χ1n) is 8.51. The summed E-state index contributed by atoms with van der Waals surface area (Å²) < 4.78 is 2.05. The van der Waals surface area contributed by atoms with Gasteiger partial charge in [-0.25, -0.2) is 0 Å². The maximum atomic E-state index is 12.7. The molecule has 1 aliphatic heterocycles. The van der Waals surface area contributed by atoms with E-state index in [9.17, 15) is 4.79 Å². The van der Waals surface area contributed by atoms with Gasteiger partial charge in [0.15, 0.2) is 5.78 Å². The minimum absolute atomic E-state index is 0.0829. The number of rotatable bonds is 4. The third-order valence-corrected chi connectivity index (χ3v) is 5.17. The van der Waals surface area contributed by atoms with E-state index >= 15 is 0 Å². The second-order valence-corrected chi connectivity index (χ2v) is 7.21. The summed E-state index contributed by atoms with van der Waals surface area (Å²) in [4.78, 5) is 15.0. The third-order valence-electron chi connectivity index (χ3n) is 4.85. The number of ketones is 1. The highest BCUT2D eigenvalue weighted by Crippen LogP contribution is 2.28. The minimum atomic E-state index is 0.0829. The summed E-state index contributed by atoms with van der Waals surface area (Å²) in [6.07, 6.45) is 10.8. The van der Waals surface area contributed by atoms with Crippen LogP contribution in [-0.2, 0) is 7.05 Å². The lowest BCUT2D eigenvalue weighted by atomic mass is 10.0. The van der Waals surface area contributed by atoms with E-state index in [-0.39, 0.29) is 11.2 Å². The molecule has 2 aliphatic rings. The number of piperidine rings is 1. The molecule has 1 saturated heterocycles. The van der Waals surface area contributed by atoms with E-state index in [1.807, 2.05) is 23.8 Å². The van der Waals surface area contributed by atoms with E-state index in [1.165, 1.54) is 24.8 Å². The Labute approximate surface area is 143 Å². The number of carbonyl (C=O) groups is 1. The molecule has 1 fully saturated rings. The van der Waals surface area contributed by atoms with E-state index in [0.717, 1.165) is 36.5 Å². The maximum absolute atomic E-state index is 12.7. The van der Waals surface area contributed by atoms with Crippen LogP contribution >= 0.6 is 11.6 Å². The molecule has 2 heterocycles. The first-order valence-corrected chi connectivity index (χ1v) is 8.94. The third kappa shape index (κ3) is 3.61. The fourth-order valence-corrected chi connectivity index (χ4v) is 3.78. The first kappa shape index (κ1) is 16.5. The van der Waals surface area contributed by atoms with Crippen LogP contribution < -0.4 is 0 Å². The van der Waals surface area contributed by atoms with Crippen molar-refractivity contribution in [3.8, 4) is 0 Å². The van der Waals surface area contributed by atoms with Crippen molar-refractivity contribution in [2.45, 2.75) is 38.0 Å². The standard InChI is InChI=1S/C19H25ClN2O/c1-14-12-17(18(23)13-22-10-4-3-5-11-22)21(2)19(14)15-6-8-16(20)9-7-15/h6-8,12,16H,3-5,9-11,13H2,1-2H3. The van der Waals surface area contributed by atoms with E-state index in [2.05, 4.69) is 24.0 Å². The van der Waals surface area contributed by atoms with Crippen LogP contribution in [-0.4, -0.2) is 40.3 Å². The maximum Gasteiger partial charge on any atom is 0.193 e. The predicted octanol–water partition coefficient (Wildman–Crippen LogP) is 3.95. The highest BCUT2D eigenvalue weighted by molar-refractivity contribution is 6.22. The zero-order valence-corrected chi connectivity index (χ0v) is 14.8. The van der Waals surface area contributed by atoms with Crippen molar-refractivity contribution in [1.29, 1.82) is 0 Å². The van der Waals surface area contributed by atoms with Crippen LogP contribution in [0.1, 0.15) is 47.4 Å². The Kier molecular flexibility index (Phi) is 5.08. The highest BCUT2D eigenvalue weighted by atomic mass is 35.5. The molecule has 1 aromatic rings.